The first-order chi connectivity index (χ1) is 11.0. The Morgan fingerprint density at radius 3 is 2.52 bits per heavy atom. The minimum absolute atomic E-state index is 0.489. The molecule has 3 nitrogen and oxygen atoms in total. The van der Waals surface area contributed by atoms with Crippen LogP contribution in [0.4, 0.5) is 14.7 Å². The molecule has 0 spiro atoms. The van der Waals surface area contributed by atoms with Gasteiger partial charge in [0.15, 0.2) is 11.6 Å². The van der Waals surface area contributed by atoms with Crippen LogP contribution in [-0.2, 0) is 6.42 Å². The molecule has 0 bridgehead atoms. The highest BCUT2D eigenvalue weighted by Gasteiger charge is 2.21. The third-order valence-corrected chi connectivity index (χ3v) is 4.62. The smallest absolute Gasteiger partial charge is 0.225 e. The molecule has 0 radical (unpaired) electrons. The van der Waals surface area contributed by atoms with Gasteiger partial charge in [0.1, 0.15) is 0 Å². The zero-order valence-corrected chi connectivity index (χ0v) is 13.5. The van der Waals surface area contributed by atoms with E-state index in [9.17, 15) is 8.78 Å². The summed E-state index contributed by atoms with van der Waals surface area (Å²) in [6.07, 6.45) is 4.68. The molecule has 122 valence electrons. The molecule has 0 amide bonds. The van der Waals surface area contributed by atoms with E-state index in [0.717, 1.165) is 55.1 Å². The summed E-state index contributed by atoms with van der Waals surface area (Å²) in [5.41, 5.74) is 2.98. The molecule has 2 heterocycles. The van der Waals surface area contributed by atoms with Crippen LogP contribution in [0.2, 0.25) is 0 Å². The Balaban J connectivity index is 1.59. The van der Waals surface area contributed by atoms with Crippen molar-refractivity contribution in [2.75, 3.05) is 18.0 Å². The molecule has 1 aromatic heterocycles. The lowest BCUT2D eigenvalue weighted by Gasteiger charge is -2.32. The molecule has 3 rings (SSSR count). The van der Waals surface area contributed by atoms with Crippen LogP contribution in [0.5, 0.6) is 0 Å². The van der Waals surface area contributed by atoms with Gasteiger partial charge in [-0.05, 0) is 62.3 Å². The normalized spacial score (nSPS) is 15.9. The Labute approximate surface area is 135 Å². The molecule has 0 atom stereocenters. The largest absolute Gasteiger partial charge is 0.341 e. The van der Waals surface area contributed by atoms with Crippen LogP contribution < -0.4 is 4.90 Å². The molecule has 5 heteroatoms. The number of piperidine rings is 1. The molecule has 0 aliphatic carbocycles. The zero-order chi connectivity index (χ0) is 16.4. The quantitative estimate of drug-likeness (QED) is 0.861. The number of aromatic nitrogens is 2. The van der Waals surface area contributed by atoms with Crippen LogP contribution in [0, 0.1) is 31.4 Å². The minimum Gasteiger partial charge on any atom is -0.341 e. The number of benzene rings is 1. The Hall–Kier alpha value is -2.04. The number of hydrogen-bond donors (Lipinski definition) is 0. The topological polar surface area (TPSA) is 29.0 Å². The first-order valence-corrected chi connectivity index (χ1v) is 8.02. The summed E-state index contributed by atoms with van der Waals surface area (Å²) >= 11 is 0. The number of nitrogens with zero attached hydrogens (tertiary/aromatic N) is 3. The zero-order valence-electron chi connectivity index (χ0n) is 13.5. The van der Waals surface area contributed by atoms with Crippen LogP contribution in [0.1, 0.15) is 29.7 Å². The molecule has 2 aromatic rings. The van der Waals surface area contributed by atoms with Crippen molar-refractivity contribution in [2.45, 2.75) is 33.1 Å². The van der Waals surface area contributed by atoms with Crippen molar-refractivity contribution in [2.24, 2.45) is 5.92 Å². The molecule has 0 unspecified atom stereocenters. The van der Waals surface area contributed by atoms with Gasteiger partial charge in [-0.1, -0.05) is 6.07 Å². The molecule has 0 N–H and O–H groups in total. The van der Waals surface area contributed by atoms with Gasteiger partial charge in [-0.25, -0.2) is 18.7 Å². The van der Waals surface area contributed by atoms with Crippen LogP contribution in [0.15, 0.2) is 24.4 Å². The first kappa shape index (κ1) is 15.8. The predicted molar refractivity (Wildman–Crippen MR) is 86.5 cm³/mol. The Kier molecular flexibility index (Phi) is 4.55. The lowest BCUT2D eigenvalue weighted by Crippen LogP contribution is -2.35. The molecular formula is C18H21F2N3. The number of rotatable bonds is 3. The third kappa shape index (κ3) is 3.66. The molecule has 1 saturated heterocycles. The lowest BCUT2D eigenvalue weighted by atomic mass is 9.90. The van der Waals surface area contributed by atoms with Gasteiger partial charge < -0.3 is 4.90 Å². The van der Waals surface area contributed by atoms with Crippen molar-refractivity contribution >= 4 is 5.95 Å². The van der Waals surface area contributed by atoms with Crippen molar-refractivity contribution in [3.63, 3.8) is 0 Å². The van der Waals surface area contributed by atoms with Crippen molar-refractivity contribution in [3.05, 3.63) is 52.9 Å². The van der Waals surface area contributed by atoms with Crippen LogP contribution in [-0.4, -0.2) is 23.1 Å². The molecule has 1 aliphatic rings. The maximum absolute atomic E-state index is 13.3. The summed E-state index contributed by atoms with van der Waals surface area (Å²) in [6, 6.07) is 4.20. The van der Waals surface area contributed by atoms with Gasteiger partial charge in [0.05, 0.1) is 0 Å². The van der Waals surface area contributed by atoms with E-state index in [1.54, 1.807) is 6.07 Å². The van der Waals surface area contributed by atoms with Crippen LogP contribution >= 0.6 is 0 Å². The molecule has 1 aliphatic heterocycles. The van der Waals surface area contributed by atoms with Crippen molar-refractivity contribution in [1.29, 1.82) is 0 Å². The molecule has 0 saturated carbocycles. The maximum Gasteiger partial charge on any atom is 0.225 e. The van der Waals surface area contributed by atoms with E-state index in [1.807, 2.05) is 20.0 Å². The fourth-order valence-electron chi connectivity index (χ4n) is 3.00. The van der Waals surface area contributed by atoms with Crippen LogP contribution in [0.25, 0.3) is 0 Å². The van der Waals surface area contributed by atoms with Crippen LogP contribution in [0.3, 0.4) is 0 Å². The van der Waals surface area contributed by atoms with Crippen molar-refractivity contribution < 1.29 is 8.78 Å². The summed E-state index contributed by atoms with van der Waals surface area (Å²) in [5, 5.41) is 0. The molecule has 1 aromatic carbocycles. The molecule has 1 fully saturated rings. The molecular weight excluding hydrogens is 296 g/mol. The van der Waals surface area contributed by atoms with E-state index in [2.05, 4.69) is 14.9 Å². The van der Waals surface area contributed by atoms with Gasteiger partial charge in [-0.2, -0.15) is 0 Å². The first-order valence-electron chi connectivity index (χ1n) is 8.02. The molecule has 23 heavy (non-hydrogen) atoms. The van der Waals surface area contributed by atoms with E-state index >= 15 is 0 Å². The second kappa shape index (κ2) is 6.60. The summed E-state index contributed by atoms with van der Waals surface area (Å²) in [4.78, 5) is 11.2. The minimum atomic E-state index is -0.782. The van der Waals surface area contributed by atoms with Crippen molar-refractivity contribution in [1.82, 2.24) is 9.97 Å². The fraction of sp³-hybridized carbons (Fsp3) is 0.444. The summed E-state index contributed by atoms with van der Waals surface area (Å²) in [6.45, 7) is 5.80. The highest BCUT2D eigenvalue weighted by molar-refractivity contribution is 5.33. The highest BCUT2D eigenvalue weighted by Crippen LogP contribution is 2.24. The average Bonchev–Trinajstić information content (AvgIpc) is 2.54. The lowest BCUT2D eigenvalue weighted by molar-refractivity contribution is 0.399. The third-order valence-electron chi connectivity index (χ3n) is 4.62. The van der Waals surface area contributed by atoms with E-state index in [-0.39, 0.29) is 0 Å². The summed E-state index contributed by atoms with van der Waals surface area (Å²) in [5.74, 6) is -0.263. The average molecular weight is 317 g/mol. The number of aryl methyl sites for hydroxylation is 2. The summed E-state index contributed by atoms with van der Waals surface area (Å²) in [7, 11) is 0. The number of halogens is 2. The van der Waals surface area contributed by atoms with Gasteiger partial charge in [0, 0.05) is 25.0 Å². The highest BCUT2D eigenvalue weighted by atomic mass is 19.2. The van der Waals surface area contributed by atoms with Gasteiger partial charge in [0.25, 0.3) is 0 Å². The van der Waals surface area contributed by atoms with Gasteiger partial charge >= 0.3 is 0 Å². The van der Waals surface area contributed by atoms with E-state index < -0.39 is 11.6 Å². The van der Waals surface area contributed by atoms with Gasteiger partial charge in [0.2, 0.25) is 5.95 Å². The second-order valence-corrected chi connectivity index (χ2v) is 6.32. The van der Waals surface area contributed by atoms with E-state index in [0.29, 0.717) is 5.92 Å². The van der Waals surface area contributed by atoms with Gasteiger partial charge in [-0.15, -0.1) is 0 Å². The standard InChI is InChI=1S/C18H21F2N3/c1-12-11-21-18(22-13(12)2)23-7-5-14(6-8-23)9-15-3-4-16(19)17(20)10-15/h3-4,10-11,14H,5-9H2,1-2H3. The maximum atomic E-state index is 13.3. The monoisotopic (exact) mass is 317 g/mol. The summed E-state index contributed by atoms with van der Waals surface area (Å²) < 4.78 is 26.3. The number of anilines is 1. The SMILES string of the molecule is Cc1cnc(N2CCC(Cc3ccc(F)c(F)c3)CC2)nc1C. The second-order valence-electron chi connectivity index (χ2n) is 6.32. The predicted octanol–water partition coefficient (Wildman–Crippen LogP) is 3.83. The Bertz CT molecular complexity index is 695. The van der Waals surface area contributed by atoms with E-state index in [4.69, 9.17) is 0 Å². The Morgan fingerprint density at radius 1 is 1.13 bits per heavy atom. The number of hydrogen-bond acceptors (Lipinski definition) is 3. The fourth-order valence-corrected chi connectivity index (χ4v) is 3.00. The Morgan fingerprint density at radius 2 is 1.87 bits per heavy atom. The van der Waals surface area contributed by atoms with Gasteiger partial charge in [-0.3, -0.25) is 0 Å². The van der Waals surface area contributed by atoms with Crippen molar-refractivity contribution in [3.8, 4) is 0 Å². The van der Waals surface area contributed by atoms with E-state index in [1.165, 1.54) is 12.1 Å².